The first kappa shape index (κ1) is 15.0. The minimum absolute atomic E-state index is 0.141. The summed E-state index contributed by atoms with van der Waals surface area (Å²) in [6.07, 6.45) is 10.4. The molecule has 0 radical (unpaired) electrons. The standard InChI is InChI=1S/C15H31NO/c1-14(2)9-8-12-17-15(13-16-3)10-6-4-5-7-11-15/h14,16H,4-13H2,1-3H3. The fourth-order valence-corrected chi connectivity index (χ4v) is 2.85. The first-order chi connectivity index (χ1) is 8.18. The van der Waals surface area contributed by atoms with Crippen LogP contribution in [0.5, 0.6) is 0 Å². The Hall–Kier alpha value is -0.0800. The van der Waals surface area contributed by atoms with E-state index in [2.05, 4.69) is 19.2 Å². The molecule has 0 aliphatic heterocycles. The fraction of sp³-hybridized carbons (Fsp3) is 1.00. The van der Waals surface area contributed by atoms with Crippen LogP contribution in [0.15, 0.2) is 0 Å². The highest BCUT2D eigenvalue weighted by atomic mass is 16.5. The first-order valence-corrected chi connectivity index (χ1v) is 7.47. The molecule has 102 valence electrons. The Labute approximate surface area is 108 Å². The predicted octanol–water partition coefficient (Wildman–Crippen LogP) is 3.75. The lowest BCUT2D eigenvalue weighted by atomic mass is 9.94. The number of ether oxygens (including phenoxy) is 1. The van der Waals surface area contributed by atoms with Crippen molar-refractivity contribution in [2.75, 3.05) is 20.2 Å². The van der Waals surface area contributed by atoms with Gasteiger partial charge in [-0.1, -0.05) is 39.5 Å². The van der Waals surface area contributed by atoms with Crippen LogP contribution in [0.3, 0.4) is 0 Å². The minimum atomic E-state index is 0.141. The van der Waals surface area contributed by atoms with Crippen molar-refractivity contribution >= 4 is 0 Å². The van der Waals surface area contributed by atoms with E-state index in [1.165, 1.54) is 51.4 Å². The third-order valence-corrected chi connectivity index (χ3v) is 3.85. The van der Waals surface area contributed by atoms with E-state index in [4.69, 9.17) is 4.74 Å². The van der Waals surface area contributed by atoms with Crippen molar-refractivity contribution in [2.45, 2.75) is 70.8 Å². The summed E-state index contributed by atoms with van der Waals surface area (Å²) < 4.78 is 6.28. The van der Waals surface area contributed by atoms with Crippen LogP contribution in [0.2, 0.25) is 0 Å². The molecule has 0 unspecified atom stereocenters. The maximum atomic E-state index is 6.28. The number of likely N-dealkylation sites (N-methyl/N-ethyl adjacent to an activating group) is 1. The van der Waals surface area contributed by atoms with Gasteiger partial charge >= 0.3 is 0 Å². The van der Waals surface area contributed by atoms with Crippen molar-refractivity contribution in [3.63, 3.8) is 0 Å². The fourth-order valence-electron chi connectivity index (χ4n) is 2.85. The average molecular weight is 241 g/mol. The molecule has 0 atom stereocenters. The summed E-state index contributed by atoms with van der Waals surface area (Å²) in [7, 11) is 2.05. The van der Waals surface area contributed by atoms with Crippen LogP contribution in [0.25, 0.3) is 0 Å². The molecular formula is C15H31NO. The van der Waals surface area contributed by atoms with Crippen molar-refractivity contribution in [3.05, 3.63) is 0 Å². The lowest BCUT2D eigenvalue weighted by molar-refractivity contribution is -0.0557. The summed E-state index contributed by atoms with van der Waals surface area (Å²) in [5.74, 6) is 0.799. The summed E-state index contributed by atoms with van der Waals surface area (Å²) in [4.78, 5) is 0. The van der Waals surface area contributed by atoms with E-state index >= 15 is 0 Å². The average Bonchev–Trinajstić information content (AvgIpc) is 2.51. The summed E-state index contributed by atoms with van der Waals surface area (Å²) >= 11 is 0. The predicted molar refractivity (Wildman–Crippen MR) is 74.4 cm³/mol. The lowest BCUT2D eigenvalue weighted by Crippen LogP contribution is -2.42. The zero-order valence-corrected chi connectivity index (χ0v) is 12.1. The van der Waals surface area contributed by atoms with Crippen LogP contribution in [-0.2, 0) is 4.74 Å². The molecule has 17 heavy (non-hydrogen) atoms. The molecule has 0 aromatic rings. The van der Waals surface area contributed by atoms with E-state index in [1.54, 1.807) is 0 Å². The van der Waals surface area contributed by atoms with E-state index in [9.17, 15) is 0 Å². The Bertz CT molecular complexity index is 183. The monoisotopic (exact) mass is 241 g/mol. The van der Waals surface area contributed by atoms with Gasteiger partial charge in [0.2, 0.25) is 0 Å². The lowest BCUT2D eigenvalue weighted by Gasteiger charge is -2.33. The molecule has 1 saturated carbocycles. The molecule has 1 N–H and O–H groups in total. The zero-order valence-electron chi connectivity index (χ0n) is 12.1. The van der Waals surface area contributed by atoms with Gasteiger partial charge in [-0.15, -0.1) is 0 Å². The van der Waals surface area contributed by atoms with Gasteiger partial charge in [-0.3, -0.25) is 0 Å². The molecule has 2 nitrogen and oxygen atoms in total. The van der Waals surface area contributed by atoms with Crippen molar-refractivity contribution in [3.8, 4) is 0 Å². The van der Waals surface area contributed by atoms with Gasteiger partial charge in [0, 0.05) is 13.2 Å². The number of nitrogens with one attached hydrogen (secondary N) is 1. The molecule has 1 aliphatic rings. The zero-order chi connectivity index (χ0) is 12.6. The third kappa shape index (κ3) is 5.87. The van der Waals surface area contributed by atoms with E-state index in [0.717, 1.165) is 19.1 Å². The number of hydrogen-bond acceptors (Lipinski definition) is 2. The third-order valence-electron chi connectivity index (χ3n) is 3.85. The minimum Gasteiger partial charge on any atom is -0.374 e. The smallest absolute Gasteiger partial charge is 0.0806 e. The van der Waals surface area contributed by atoms with Crippen LogP contribution in [0.1, 0.15) is 65.2 Å². The van der Waals surface area contributed by atoms with Gasteiger partial charge in [0.15, 0.2) is 0 Å². The summed E-state index contributed by atoms with van der Waals surface area (Å²) in [6, 6.07) is 0. The second-order valence-electron chi connectivity index (χ2n) is 6.01. The van der Waals surface area contributed by atoms with Gasteiger partial charge in [0.1, 0.15) is 0 Å². The first-order valence-electron chi connectivity index (χ1n) is 7.47. The van der Waals surface area contributed by atoms with Crippen LogP contribution in [0, 0.1) is 5.92 Å². The highest BCUT2D eigenvalue weighted by Gasteiger charge is 2.30. The molecule has 1 aliphatic carbocycles. The molecular weight excluding hydrogens is 210 g/mol. The molecule has 0 heterocycles. The molecule has 0 aromatic carbocycles. The van der Waals surface area contributed by atoms with Crippen LogP contribution in [0.4, 0.5) is 0 Å². The highest BCUT2D eigenvalue weighted by Crippen LogP contribution is 2.30. The van der Waals surface area contributed by atoms with Gasteiger partial charge in [-0.25, -0.2) is 0 Å². The summed E-state index contributed by atoms with van der Waals surface area (Å²) in [5, 5.41) is 3.33. The SMILES string of the molecule is CNCC1(OCCCC(C)C)CCCCCC1. The van der Waals surface area contributed by atoms with E-state index in [-0.39, 0.29) is 5.60 Å². The van der Waals surface area contributed by atoms with Crippen molar-refractivity contribution in [1.29, 1.82) is 0 Å². The Morgan fingerprint density at radius 2 is 1.76 bits per heavy atom. The van der Waals surface area contributed by atoms with Crippen molar-refractivity contribution in [2.24, 2.45) is 5.92 Å². The number of rotatable bonds is 7. The molecule has 1 rings (SSSR count). The van der Waals surface area contributed by atoms with Gasteiger partial charge in [-0.2, -0.15) is 0 Å². The molecule has 0 saturated heterocycles. The Kier molecular flexibility index (Phi) is 7.14. The Balaban J connectivity index is 2.34. The van der Waals surface area contributed by atoms with Gasteiger partial charge in [0.25, 0.3) is 0 Å². The highest BCUT2D eigenvalue weighted by molar-refractivity contribution is 4.85. The van der Waals surface area contributed by atoms with Gasteiger partial charge in [-0.05, 0) is 38.6 Å². The second-order valence-corrected chi connectivity index (χ2v) is 6.01. The molecule has 2 heteroatoms. The normalized spacial score (nSPS) is 20.5. The quantitative estimate of drug-likeness (QED) is 0.541. The van der Waals surface area contributed by atoms with Crippen LogP contribution < -0.4 is 5.32 Å². The Morgan fingerprint density at radius 3 is 2.29 bits per heavy atom. The largest absolute Gasteiger partial charge is 0.374 e. The van der Waals surface area contributed by atoms with Crippen molar-refractivity contribution < 1.29 is 4.74 Å². The molecule has 0 bridgehead atoms. The Morgan fingerprint density at radius 1 is 1.12 bits per heavy atom. The molecule has 1 fully saturated rings. The molecule has 0 amide bonds. The van der Waals surface area contributed by atoms with Gasteiger partial charge in [0.05, 0.1) is 5.60 Å². The maximum Gasteiger partial charge on any atom is 0.0806 e. The number of hydrogen-bond donors (Lipinski definition) is 1. The van der Waals surface area contributed by atoms with Crippen molar-refractivity contribution in [1.82, 2.24) is 5.32 Å². The molecule has 0 aromatic heterocycles. The van der Waals surface area contributed by atoms with E-state index in [0.29, 0.717) is 0 Å². The summed E-state index contributed by atoms with van der Waals surface area (Å²) in [6.45, 7) is 6.54. The van der Waals surface area contributed by atoms with Gasteiger partial charge < -0.3 is 10.1 Å². The van der Waals surface area contributed by atoms with E-state index in [1.807, 2.05) is 7.05 Å². The van der Waals surface area contributed by atoms with Crippen LogP contribution in [-0.4, -0.2) is 25.8 Å². The topological polar surface area (TPSA) is 21.3 Å². The maximum absolute atomic E-state index is 6.28. The summed E-state index contributed by atoms with van der Waals surface area (Å²) in [5.41, 5.74) is 0.141. The van der Waals surface area contributed by atoms with E-state index < -0.39 is 0 Å². The second kappa shape index (κ2) is 8.10. The molecule has 0 spiro atoms. The van der Waals surface area contributed by atoms with Crippen LogP contribution >= 0.6 is 0 Å².